The van der Waals surface area contributed by atoms with Crippen molar-refractivity contribution < 1.29 is 5.11 Å². The molecule has 76 valence electrons. The van der Waals surface area contributed by atoms with Gasteiger partial charge in [0.2, 0.25) is 0 Å². The molecule has 0 unspecified atom stereocenters. The van der Waals surface area contributed by atoms with Crippen LogP contribution in [-0.4, -0.2) is 15.7 Å². The Hall–Kier alpha value is -0.120. The van der Waals surface area contributed by atoms with Crippen LogP contribution in [0.15, 0.2) is 16.7 Å². The topological polar surface area (TPSA) is 33.1 Å². The summed E-state index contributed by atoms with van der Waals surface area (Å²) in [5.74, 6) is 0. The standard InChI is InChI=1S/C10H11BrClNO/c11-8-6-13-9(12)5-7(8)1-2-10(14)3-4-10/h5-6,14H,1-4H2. The maximum atomic E-state index is 9.69. The molecule has 0 spiro atoms. The van der Waals surface area contributed by atoms with Crippen LogP contribution < -0.4 is 0 Å². The van der Waals surface area contributed by atoms with E-state index in [4.69, 9.17) is 11.6 Å². The van der Waals surface area contributed by atoms with Crippen molar-refractivity contribution in [1.82, 2.24) is 4.98 Å². The summed E-state index contributed by atoms with van der Waals surface area (Å²) in [6.07, 6.45) is 5.23. The molecule has 1 aliphatic rings. The minimum atomic E-state index is -0.394. The van der Waals surface area contributed by atoms with Gasteiger partial charge in [0.25, 0.3) is 0 Å². The molecule has 0 aliphatic heterocycles. The van der Waals surface area contributed by atoms with E-state index >= 15 is 0 Å². The minimum absolute atomic E-state index is 0.394. The number of pyridine rings is 1. The first-order valence-electron chi connectivity index (χ1n) is 4.61. The molecule has 0 aromatic carbocycles. The summed E-state index contributed by atoms with van der Waals surface area (Å²) < 4.78 is 0.964. The number of halogens is 2. The molecule has 2 rings (SSSR count). The largest absolute Gasteiger partial charge is 0.390 e. The Balaban J connectivity index is 2.04. The zero-order chi connectivity index (χ0) is 10.2. The molecule has 1 fully saturated rings. The second-order valence-corrected chi connectivity index (χ2v) is 5.06. The van der Waals surface area contributed by atoms with E-state index < -0.39 is 5.60 Å². The van der Waals surface area contributed by atoms with Gasteiger partial charge in [0.15, 0.2) is 0 Å². The zero-order valence-corrected chi connectivity index (χ0v) is 9.98. The van der Waals surface area contributed by atoms with Crippen molar-refractivity contribution in [3.63, 3.8) is 0 Å². The molecule has 0 bridgehead atoms. The van der Waals surface area contributed by atoms with E-state index in [-0.39, 0.29) is 0 Å². The Morgan fingerprint density at radius 2 is 2.29 bits per heavy atom. The lowest BCUT2D eigenvalue weighted by molar-refractivity contribution is 0.140. The average Bonchev–Trinajstić information content (AvgIpc) is 2.87. The molecule has 1 aromatic heterocycles. The smallest absolute Gasteiger partial charge is 0.129 e. The number of aryl methyl sites for hydroxylation is 1. The van der Waals surface area contributed by atoms with Crippen LogP contribution in [0.2, 0.25) is 5.15 Å². The van der Waals surface area contributed by atoms with Gasteiger partial charge in [-0.05, 0) is 53.2 Å². The Bertz CT molecular complexity index is 352. The molecule has 0 amide bonds. The highest BCUT2D eigenvalue weighted by atomic mass is 79.9. The highest BCUT2D eigenvalue weighted by molar-refractivity contribution is 9.10. The fraction of sp³-hybridized carbons (Fsp3) is 0.500. The van der Waals surface area contributed by atoms with Gasteiger partial charge in [-0.25, -0.2) is 4.98 Å². The van der Waals surface area contributed by atoms with Crippen molar-refractivity contribution in [3.05, 3.63) is 27.5 Å². The molecular weight excluding hydrogens is 265 g/mol. The lowest BCUT2D eigenvalue weighted by atomic mass is 10.1. The first-order chi connectivity index (χ1) is 6.59. The van der Waals surface area contributed by atoms with Crippen molar-refractivity contribution in [3.8, 4) is 0 Å². The van der Waals surface area contributed by atoms with Crippen molar-refractivity contribution >= 4 is 27.5 Å². The van der Waals surface area contributed by atoms with Crippen LogP contribution in [0.3, 0.4) is 0 Å². The summed E-state index contributed by atoms with van der Waals surface area (Å²) in [4.78, 5) is 3.96. The Morgan fingerprint density at radius 3 is 2.93 bits per heavy atom. The fourth-order valence-corrected chi connectivity index (χ4v) is 2.00. The highest BCUT2D eigenvalue weighted by Gasteiger charge is 2.39. The van der Waals surface area contributed by atoms with E-state index in [0.29, 0.717) is 5.15 Å². The highest BCUT2D eigenvalue weighted by Crippen LogP contribution is 2.39. The summed E-state index contributed by atoms with van der Waals surface area (Å²) >= 11 is 9.20. The Labute approximate surface area is 96.4 Å². The number of aliphatic hydroxyl groups is 1. The summed E-state index contributed by atoms with van der Waals surface area (Å²) in [6, 6.07) is 1.84. The van der Waals surface area contributed by atoms with Crippen molar-refractivity contribution in [1.29, 1.82) is 0 Å². The maximum Gasteiger partial charge on any atom is 0.129 e. The van der Waals surface area contributed by atoms with E-state index in [1.165, 1.54) is 0 Å². The summed E-state index contributed by atoms with van der Waals surface area (Å²) in [7, 11) is 0. The Kier molecular flexibility index (Phi) is 2.82. The Morgan fingerprint density at radius 1 is 1.57 bits per heavy atom. The lowest BCUT2D eigenvalue weighted by Gasteiger charge is -2.08. The molecule has 2 nitrogen and oxygen atoms in total. The first-order valence-corrected chi connectivity index (χ1v) is 5.78. The number of hydrogen-bond acceptors (Lipinski definition) is 2. The third-order valence-electron chi connectivity index (χ3n) is 2.59. The number of nitrogens with zero attached hydrogens (tertiary/aromatic N) is 1. The molecule has 4 heteroatoms. The van der Waals surface area contributed by atoms with Crippen LogP contribution in [0.4, 0.5) is 0 Å². The third-order valence-corrected chi connectivity index (χ3v) is 3.51. The third kappa shape index (κ3) is 2.47. The second-order valence-electron chi connectivity index (χ2n) is 3.82. The molecule has 1 aliphatic carbocycles. The van der Waals surface area contributed by atoms with E-state index in [1.807, 2.05) is 6.07 Å². The molecule has 14 heavy (non-hydrogen) atoms. The fourth-order valence-electron chi connectivity index (χ4n) is 1.40. The van der Waals surface area contributed by atoms with Gasteiger partial charge in [-0.3, -0.25) is 0 Å². The predicted octanol–water partition coefficient (Wildman–Crippen LogP) is 2.96. The molecule has 1 N–H and O–H groups in total. The molecule has 1 aromatic rings. The van der Waals surface area contributed by atoms with Gasteiger partial charge in [-0.1, -0.05) is 11.6 Å². The number of aromatic nitrogens is 1. The van der Waals surface area contributed by atoms with E-state index in [2.05, 4.69) is 20.9 Å². The maximum absolute atomic E-state index is 9.69. The molecule has 0 atom stereocenters. The van der Waals surface area contributed by atoms with Crippen LogP contribution >= 0.6 is 27.5 Å². The molecule has 0 radical (unpaired) electrons. The second kappa shape index (κ2) is 3.80. The van der Waals surface area contributed by atoms with Crippen molar-refractivity contribution in [2.45, 2.75) is 31.3 Å². The van der Waals surface area contributed by atoms with Gasteiger partial charge in [0.1, 0.15) is 5.15 Å². The number of rotatable bonds is 3. The SMILES string of the molecule is OC1(CCc2cc(Cl)ncc2Br)CC1. The molecular formula is C10H11BrClNO. The average molecular weight is 277 g/mol. The molecule has 1 saturated carbocycles. The van der Waals surface area contributed by atoms with E-state index in [9.17, 15) is 5.11 Å². The van der Waals surface area contributed by atoms with Gasteiger partial charge >= 0.3 is 0 Å². The van der Waals surface area contributed by atoms with Crippen LogP contribution in [0, 0.1) is 0 Å². The summed E-state index contributed by atoms with van der Waals surface area (Å²) in [5.41, 5.74) is 0.722. The van der Waals surface area contributed by atoms with Crippen molar-refractivity contribution in [2.24, 2.45) is 0 Å². The van der Waals surface area contributed by atoms with Crippen molar-refractivity contribution in [2.75, 3.05) is 0 Å². The summed E-state index contributed by atoms with van der Waals surface area (Å²) in [5, 5.41) is 10.2. The van der Waals surface area contributed by atoms with Gasteiger partial charge < -0.3 is 5.11 Å². The van der Waals surface area contributed by atoms with E-state index in [1.54, 1.807) is 6.20 Å². The van der Waals surface area contributed by atoms with Crippen LogP contribution in [-0.2, 0) is 6.42 Å². The van der Waals surface area contributed by atoms with Gasteiger partial charge in [0, 0.05) is 10.7 Å². The quantitative estimate of drug-likeness (QED) is 0.861. The number of hydrogen-bond donors (Lipinski definition) is 1. The van der Waals surface area contributed by atoms with E-state index in [0.717, 1.165) is 35.7 Å². The van der Waals surface area contributed by atoms with Gasteiger partial charge in [-0.2, -0.15) is 0 Å². The van der Waals surface area contributed by atoms with Crippen LogP contribution in [0.5, 0.6) is 0 Å². The molecule has 1 heterocycles. The molecule has 0 saturated heterocycles. The summed E-state index contributed by atoms with van der Waals surface area (Å²) in [6.45, 7) is 0. The first kappa shape index (κ1) is 10.4. The van der Waals surface area contributed by atoms with Crippen LogP contribution in [0.25, 0.3) is 0 Å². The minimum Gasteiger partial charge on any atom is -0.390 e. The lowest BCUT2D eigenvalue weighted by Crippen LogP contribution is -2.08. The monoisotopic (exact) mass is 275 g/mol. The predicted molar refractivity (Wildman–Crippen MR) is 59.5 cm³/mol. The van der Waals surface area contributed by atoms with Gasteiger partial charge in [-0.15, -0.1) is 0 Å². The van der Waals surface area contributed by atoms with Crippen LogP contribution in [0.1, 0.15) is 24.8 Å². The zero-order valence-electron chi connectivity index (χ0n) is 7.63. The normalized spacial score (nSPS) is 18.2. The van der Waals surface area contributed by atoms with Gasteiger partial charge in [0.05, 0.1) is 5.60 Å².